The van der Waals surface area contributed by atoms with Crippen molar-refractivity contribution in [1.29, 1.82) is 0 Å². The predicted octanol–water partition coefficient (Wildman–Crippen LogP) is 1.51. The molecule has 9 heteroatoms. The van der Waals surface area contributed by atoms with Gasteiger partial charge in [-0.25, -0.2) is 9.97 Å². The Labute approximate surface area is 147 Å². The maximum atomic E-state index is 9.73. The third kappa shape index (κ3) is 4.16. The number of aliphatic hydroxyl groups excluding tert-OH is 1. The monoisotopic (exact) mass is 346 g/mol. The van der Waals surface area contributed by atoms with Gasteiger partial charge in [0.1, 0.15) is 11.0 Å². The summed E-state index contributed by atoms with van der Waals surface area (Å²) in [6.07, 6.45) is 2.76. The average Bonchev–Trinajstić information content (AvgIpc) is 3.47. The van der Waals surface area contributed by atoms with Crippen molar-refractivity contribution in [3.8, 4) is 0 Å². The SMILES string of the molecule is CCC(O)CNc1nc(NC)c2nc(NCC3CC3)nc(NC)c2n1. The molecule has 1 aliphatic rings. The molecule has 25 heavy (non-hydrogen) atoms. The molecule has 136 valence electrons. The van der Waals surface area contributed by atoms with Crippen LogP contribution in [0.25, 0.3) is 11.0 Å². The smallest absolute Gasteiger partial charge is 0.225 e. The predicted molar refractivity (Wildman–Crippen MR) is 100 cm³/mol. The Bertz CT molecular complexity index is 734. The number of rotatable bonds is 9. The molecule has 3 rings (SSSR count). The Balaban J connectivity index is 1.93. The molecule has 1 fully saturated rings. The third-order valence-electron chi connectivity index (χ3n) is 4.23. The lowest BCUT2D eigenvalue weighted by Crippen LogP contribution is -2.20. The van der Waals surface area contributed by atoms with Crippen LogP contribution >= 0.6 is 0 Å². The molecule has 9 nitrogen and oxygen atoms in total. The summed E-state index contributed by atoms with van der Waals surface area (Å²) in [6, 6.07) is 0. The first kappa shape index (κ1) is 17.4. The highest BCUT2D eigenvalue weighted by Crippen LogP contribution is 2.30. The number of aliphatic hydroxyl groups is 1. The molecule has 1 atom stereocenters. The summed E-state index contributed by atoms with van der Waals surface area (Å²) in [5.74, 6) is 3.00. The molecule has 5 N–H and O–H groups in total. The van der Waals surface area contributed by atoms with Gasteiger partial charge in [0.25, 0.3) is 0 Å². The van der Waals surface area contributed by atoms with Gasteiger partial charge in [0.05, 0.1) is 6.10 Å². The van der Waals surface area contributed by atoms with Crippen LogP contribution in [0.4, 0.5) is 23.5 Å². The Morgan fingerprint density at radius 2 is 1.52 bits per heavy atom. The topological polar surface area (TPSA) is 120 Å². The van der Waals surface area contributed by atoms with Crippen molar-refractivity contribution >= 4 is 34.6 Å². The highest BCUT2D eigenvalue weighted by atomic mass is 16.3. The van der Waals surface area contributed by atoms with E-state index in [0.29, 0.717) is 47.5 Å². The minimum absolute atomic E-state index is 0.391. The average molecular weight is 346 g/mol. The van der Waals surface area contributed by atoms with Crippen LogP contribution in [0.1, 0.15) is 26.2 Å². The van der Waals surface area contributed by atoms with E-state index in [1.54, 1.807) is 7.05 Å². The number of hydrogen-bond acceptors (Lipinski definition) is 9. The van der Waals surface area contributed by atoms with Crippen molar-refractivity contribution in [3.05, 3.63) is 0 Å². The lowest BCUT2D eigenvalue weighted by Gasteiger charge is -2.14. The zero-order valence-corrected chi connectivity index (χ0v) is 14.9. The van der Waals surface area contributed by atoms with Crippen LogP contribution in [0, 0.1) is 5.92 Å². The fraction of sp³-hybridized carbons (Fsp3) is 0.625. The summed E-state index contributed by atoms with van der Waals surface area (Å²) in [4.78, 5) is 18.1. The highest BCUT2D eigenvalue weighted by molar-refractivity contribution is 5.94. The van der Waals surface area contributed by atoms with Crippen LogP contribution in [0.15, 0.2) is 0 Å². The van der Waals surface area contributed by atoms with E-state index in [0.717, 1.165) is 12.5 Å². The van der Waals surface area contributed by atoms with Gasteiger partial charge in [-0.2, -0.15) is 9.97 Å². The van der Waals surface area contributed by atoms with Gasteiger partial charge in [0.15, 0.2) is 11.6 Å². The van der Waals surface area contributed by atoms with E-state index >= 15 is 0 Å². The van der Waals surface area contributed by atoms with E-state index < -0.39 is 6.10 Å². The van der Waals surface area contributed by atoms with Gasteiger partial charge in [-0.3, -0.25) is 0 Å². The standard InChI is InChI=1S/C16H26N8O/c1-4-10(25)8-20-16-22-12-11(14(18-3)24-16)21-15(23-13(12)17-2)19-7-9-5-6-9/h9-10,25H,4-8H2,1-3H3,(H2,17,19,21,23)(H2,18,20,22,24). The first-order valence-corrected chi connectivity index (χ1v) is 8.75. The fourth-order valence-electron chi connectivity index (χ4n) is 2.43. The van der Waals surface area contributed by atoms with Crippen molar-refractivity contribution in [2.45, 2.75) is 32.3 Å². The van der Waals surface area contributed by atoms with Crippen molar-refractivity contribution in [3.63, 3.8) is 0 Å². The highest BCUT2D eigenvalue weighted by Gasteiger charge is 2.22. The molecule has 1 unspecified atom stereocenters. The van der Waals surface area contributed by atoms with Gasteiger partial charge in [-0.05, 0) is 25.2 Å². The maximum Gasteiger partial charge on any atom is 0.225 e. The quantitative estimate of drug-likeness (QED) is 0.460. The lowest BCUT2D eigenvalue weighted by atomic mass is 10.3. The molecule has 0 saturated heterocycles. The molecule has 2 heterocycles. The van der Waals surface area contributed by atoms with Gasteiger partial charge in [0.2, 0.25) is 11.9 Å². The van der Waals surface area contributed by atoms with E-state index in [1.165, 1.54) is 12.8 Å². The molecule has 0 radical (unpaired) electrons. The molecular formula is C16H26N8O. The van der Waals surface area contributed by atoms with Gasteiger partial charge in [0, 0.05) is 27.2 Å². The van der Waals surface area contributed by atoms with Crippen LogP contribution in [-0.4, -0.2) is 58.3 Å². The third-order valence-corrected chi connectivity index (χ3v) is 4.23. The van der Waals surface area contributed by atoms with Crippen molar-refractivity contribution < 1.29 is 5.11 Å². The Morgan fingerprint density at radius 1 is 0.960 bits per heavy atom. The molecule has 0 spiro atoms. The van der Waals surface area contributed by atoms with E-state index in [-0.39, 0.29) is 0 Å². The second kappa shape index (κ2) is 7.64. The molecule has 0 bridgehead atoms. The van der Waals surface area contributed by atoms with Gasteiger partial charge in [-0.1, -0.05) is 6.92 Å². The van der Waals surface area contributed by atoms with Crippen LogP contribution in [0.3, 0.4) is 0 Å². The summed E-state index contributed by atoms with van der Waals surface area (Å²) in [5, 5.41) is 22.2. The Kier molecular flexibility index (Phi) is 5.32. The molecule has 0 aromatic carbocycles. The minimum Gasteiger partial charge on any atom is -0.391 e. The molecule has 2 aromatic rings. The summed E-state index contributed by atoms with van der Waals surface area (Å²) in [5.41, 5.74) is 1.29. The van der Waals surface area contributed by atoms with Gasteiger partial charge >= 0.3 is 0 Å². The van der Waals surface area contributed by atoms with E-state index in [9.17, 15) is 5.11 Å². The van der Waals surface area contributed by atoms with Crippen molar-refractivity contribution in [2.24, 2.45) is 5.92 Å². The summed E-state index contributed by atoms with van der Waals surface area (Å²) < 4.78 is 0. The van der Waals surface area contributed by atoms with Crippen LogP contribution in [-0.2, 0) is 0 Å². The number of aromatic nitrogens is 4. The second-order valence-corrected chi connectivity index (χ2v) is 6.26. The second-order valence-electron chi connectivity index (χ2n) is 6.26. The molecule has 0 amide bonds. The summed E-state index contributed by atoms with van der Waals surface area (Å²) >= 11 is 0. The zero-order chi connectivity index (χ0) is 17.8. The normalized spacial score (nSPS) is 15.0. The summed E-state index contributed by atoms with van der Waals surface area (Å²) in [6.45, 7) is 3.20. The van der Waals surface area contributed by atoms with Gasteiger partial charge < -0.3 is 26.4 Å². The molecule has 1 saturated carbocycles. The molecule has 1 aliphatic carbocycles. The van der Waals surface area contributed by atoms with E-state index in [4.69, 9.17) is 0 Å². The Morgan fingerprint density at radius 3 is 2.00 bits per heavy atom. The molecular weight excluding hydrogens is 320 g/mol. The van der Waals surface area contributed by atoms with E-state index in [2.05, 4.69) is 41.2 Å². The van der Waals surface area contributed by atoms with E-state index in [1.807, 2.05) is 14.0 Å². The summed E-state index contributed by atoms with van der Waals surface area (Å²) in [7, 11) is 3.60. The molecule has 2 aromatic heterocycles. The fourth-order valence-corrected chi connectivity index (χ4v) is 2.43. The largest absolute Gasteiger partial charge is 0.391 e. The first-order chi connectivity index (χ1) is 12.1. The number of hydrogen-bond donors (Lipinski definition) is 5. The van der Waals surface area contributed by atoms with Crippen molar-refractivity contribution in [1.82, 2.24) is 19.9 Å². The lowest BCUT2D eigenvalue weighted by molar-refractivity contribution is 0.183. The van der Waals surface area contributed by atoms with Crippen LogP contribution in [0.5, 0.6) is 0 Å². The number of anilines is 4. The zero-order valence-electron chi connectivity index (χ0n) is 14.9. The minimum atomic E-state index is -0.439. The van der Waals surface area contributed by atoms with Gasteiger partial charge in [-0.15, -0.1) is 0 Å². The molecule has 0 aliphatic heterocycles. The van der Waals surface area contributed by atoms with Crippen LogP contribution < -0.4 is 21.3 Å². The number of nitrogens with one attached hydrogen (secondary N) is 4. The number of fused-ring (bicyclic) bond motifs is 1. The number of nitrogens with zero attached hydrogens (tertiary/aromatic N) is 4. The van der Waals surface area contributed by atoms with Crippen LogP contribution in [0.2, 0.25) is 0 Å². The Hall–Kier alpha value is -2.42. The maximum absolute atomic E-state index is 9.73. The first-order valence-electron chi connectivity index (χ1n) is 8.75. The van der Waals surface area contributed by atoms with Crippen molar-refractivity contribution in [2.75, 3.05) is 48.5 Å².